The Labute approximate surface area is 132 Å². The monoisotopic (exact) mass is 314 g/mol. The lowest BCUT2D eigenvalue weighted by Gasteiger charge is -2.59. The molecule has 2 aromatic rings. The molecule has 0 saturated heterocycles. The van der Waals surface area contributed by atoms with E-state index < -0.39 is 10.5 Å². The van der Waals surface area contributed by atoms with Crippen molar-refractivity contribution in [3.05, 3.63) is 28.3 Å². The molecule has 2 atom stereocenters. The predicted octanol–water partition coefficient (Wildman–Crippen LogP) is 2.38. The van der Waals surface area contributed by atoms with E-state index in [-0.39, 0.29) is 11.2 Å². The first kappa shape index (κ1) is 13.4. The zero-order valence-electron chi connectivity index (χ0n) is 12.7. The average Bonchev–Trinajstić information content (AvgIpc) is 2.88. The number of non-ortho nitro benzene ring substituents is 1. The maximum Gasteiger partial charge on any atom is 0.299 e. The first-order valence-corrected chi connectivity index (χ1v) is 8.20. The number of nitro benzene ring substituents is 1. The van der Waals surface area contributed by atoms with Crippen LogP contribution >= 0.6 is 0 Å². The fourth-order valence-corrected chi connectivity index (χ4v) is 5.84. The van der Waals surface area contributed by atoms with Crippen LogP contribution in [0.4, 0.5) is 5.69 Å². The number of fused-ring (bicyclic) bond motifs is 1. The first-order chi connectivity index (χ1) is 11.0. The van der Waals surface area contributed by atoms with E-state index in [1.54, 1.807) is 6.07 Å². The molecule has 4 fully saturated rings. The Morgan fingerprint density at radius 3 is 2.65 bits per heavy atom. The smallest absolute Gasteiger partial charge is 0.299 e. The molecule has 4 aliphatic carbocycles. The van der Waals surface area contributed by atoms with Gasteiger partial charge in [0.1, 0.15) is 0 Å². The summed E-state index contributed by atoms with van der Waals surface area (Å²) in [5.41, 5.74) is 0.230. The lowest BCUT2D eigenvalue weighted by molar-refractivity contribution is -0.383. The molecule has 0 radical (unpaired) electrons. The van der Waals surface area contributed by atoms with E-state index in [4.69, 9.17) is 0 Å². The summed E-state index contributed by atoms with van der Waals surface area (Å²) in [5, 5.41) is 30.5. The number of benzene rings is 1. The minimum absolute atomic E-state index is 0.00260. The van der Waals surface area contributed by atoms with Gasteiger partial charge in [-0.05, 0) is 50.0 Å². The average molecular weight is 314 g/mol. The Balaban J connectivity index is 1.69. The Kier molecular flexibility index (Phi) is 2.38. The van der Waals surface area contributed by atoms with Crippen molar-refractivity contribution in [3.8, 4) is 0 Å². The predicted molar refractivity (Wildman–Crippen MR) is 81.8 cm³/mol. The molecule has 0 spiro atoms. The largest absolute Gasteiger partial charge is 0.390 e. The maximum atomic E-state index is 11.2. The van der Waals surface area contributed by atoms with Gasteiger partial charge in [0.25, 0.3) is 5.69 Å². The first-order valence-electron chi connectivity index (χ1n) is 8.20. The molecule has 1 aromatic carbocycles. The highest BCUT2D eigenvalue weighted by atomic mass is 16.6. The topological polar surface area (TPSA) is 94.1 Å². The van der Waals surface area contributed by atoms with Gasteiger partial charge in [-0.3, -0.25) is 10.1 Å². The summed E-state index contributed by atoms with van der Waals surface area (Å²) < 4.78 is 1.89. The molecular formula is C16H18N4O3. The lowest BCUT2D eigenvalue weighted by atomic mass is 9.51. The zero-order valence-corrected chi connectivity index (χ0v) is 12.7. The van der Waals surface area contributed by atoms with E-state index >= 15 is 0 Å². The minimum atomic E-state index is -0.594. The summed E-state index contributed by atoms with van der Waals surface area (Å²) in [6.07, 6.45) is 5.64. The Morgan fingerprint density at radius 2 is 2.00 bits per heavy atom. The summed E-state index contributed by atoms with van der Waals surface area (Å²) in [4.78, 5) is 10.8. The van der Waals surface area contributed by atoms with Crippen LogP contribution in [0, 0.1) is 22.0 Å². The van der Waals surface area contributed by atoms with Crippen molar-refractivity contribution in [1.82, 2.24) is 15.0 Å². The fourth-order valence-electron chi connectivity index (χ4n) is 5.84. The third kappa shape index (κ3) is 1.74. The van der Waals surface area contributed by atoms with Gasteiger partial charge in [0.15, 0.2) is 5.52 Å². The molecule has 6 rings (SSSR count). The third-order valence-electron chi connectivity index (χ3n) is 6.10. The number of hydrogen-bond donors (Lipinski definition) is 1. The molecule has 4 aliphatic rings. The second kappa shape index (κ2) is 4.08. The molecule has 4 bridgehead atoms. The molecule has 23 heavy (non-hydrogen) atoms. The lowest BCUT2D eigenvalue weighted by Crippen LogP contribution is -2.59. The summed E-state index contributed by atoms with van der Waals surface area (Å²) in [6.45, 7) is 0. The van der Waals surface area contributed by atoms with Crippen molar-refractivity contribution < 1.29 is 10.0 Å². The van der Waals surface area contributed by atoms with Gasteiger partial charge in [0.2, 0.25) is 0 Å². The maximum absolute atomic E-state index is 11.2. The number of nitrogens with zero attached hydrogens (tertiary/aromatic N) is 4. The van der Waals surface area contributed by atoms with Crippen molar-refractivity contribution in [2.45, 2.75) is 49.7 Å². The van der Waals surface area contributed by atoms with Gasteiger partial charge < -0.3 is 5.11 Å². The van der Waals surface area contributed by atoms with E-state index in [0.717, 1.165) is 25.7 Å². The van der Waals surface area contributed by atoms with Gasteiger partial charge >= 0.3 is 0 Å². The quantitative estimate of drug-likeness (QED) is 0.678. The zero-order chi connectivity index (χ0) is 15.8. The van der Waals surface area contributed by atoms with Crippen molar-refractivity contribution >= 4 is 16.7 Å². The SMILES string of the molecule is O=[N+]([O-])c1cccc2c1nnn2C12C[C@H]3C[C@@H](CC(O)(C3)C1)C2. The summed E-state index contributed by atoms with van der Waals surface area (Å²) in [5.74, 6) is 1.05. The van der Waals surface area contributed by atoms with Crippen LogP contribution in [0.15, 0.2) is 18.2 Å². The molecular weight excluding hydrogens is 296 g/mol. The van der Waals surface area contributed by atoms with Crippen molar-refractivity contribution in [2.75, 3.05) is 0 Å². The molecule has 4 saturated carbocycles. The van der Waals surface area contributed by atoms with Crippen LogP contribution in [0.2, 0.25) is 0 Å². The number of hydrogen-bond acceptors (Lipinski definition) is 5. The number of nitro groups is 1. The normalized spacial score (nSPS) is 38.3. The van der Waals surface area contributed by atoms with Crippen LogP contribution in [0.25, 0.3) is 11.0 Å². The molecule has 1 heterocycles. The van der Waals surface area contributed by atoms with Crippen LogP contribution in [0.5, 0.6) is 0 Å². The van der Waals surface area contributed by atoms with E-state index in [0.29, 0.717) is 29.3 Å². The molecule has 7 nitrogen and oxygen atoms in total. The second-order valence-electron chi connectivity index (χ2n) is 7.81. The van der Waals surface area contributed by atoms with E-state index in [2.05, 4.69) is 10.3 Å². The van der Waals surface area contributed by atoms with Crippen molar-refractivity contribution in [2.24, 2.45) is 11.8 Å². The Bertz CT molecular complexity index is 816. The number of aliphatic hydroxyl groups is 1. The summed E-state index contributed by atoms with van der Waals surface area (Å²) >= 11 is 0. The molecule has 0 aliphatic heterocycles. The minimum Gasteiger partial charge on any atom is -0.390 e. The van der Waals surface area contributed by atoms with Crippen molar-refractivity contribution in [3.63, 3.8) is 0 Å². The standard InChI is InChI=1S/C16H18N4O3/c21-16-7-10-4-11(8-16)6-15(5-10,9-16)19-12-2-1-3-13(20(22)23)14(12)17-18-19/h1-3,10-11,21H,4-9H2/t10-,11-,15?,16?/m1/s1. The Hall–Kier alpha value is -2.02. The molecule has 7 heteroatoms. The second-order valence-corrected chi connectivity index (χ2v) is 7.81. The highest BCUT2D eigenvalue weighted by molar-refractivity contribution is 5.84. The van der Waals surface area contributed by atoms with Gasteiger partial charge in [0.05, 0.1) is 21.6 Å². The van der Waals surface area contributed by atoms with Gasteiger partial charge in [-0.2, -0.15) is 0 Å². The fraction of sp³-hybridized carbons (Fsp3) is 0.625. The van der Waals surface area contributed by atoms with Gasteiger partial charge in [0, 0.05) is 12.5 Å². The van der Waals surface area contributed by atoms with Crippen LogP contribution in [0.3, 0.4) is 0 Å². The highest BCUT2D eigenvalue weighted by Crippen LogP contribution is 2.60. The van der Waals surface area contributed by atoms with E-state index in [1.165, 1.54) is 12.5 Å². The van der Waals surface area contributed by atoms with Gasteiger partial charge in [-0.25, -0.2) is 4.68 Å². The molecule has 120 valence electrons. The summed E-state index contributed by atoms with van der Waals surface area (Å²) in [7, 11) is 0. The molecule has 1 N–H and O–H groups in total. The van der Waals surface area contributed by atoms with Gasteiger partial charge in [-0.15, -0.1) is 5.10 Å². The van der Waals surface area contributed by atoms with E-state index in [9.17, 15) is 15.2 Å². The third-order valence-corrected chi connectivity index (χ3v) is 6.10. The highest BCUT2D eigenvalue weighted by Gasteiger charge is 2.58. The molecule has 1 aromatic heterocycles. The number of rotatable bonds is 2. The van der Waals surface area contributed by atoms with Gasteiger partial charge in [-0.1, -0.05) is 11.3 Å². The van der Waals surface area contributed by atoms with Crippen LogP contribution in [0.1, 0.15) is 38.5 Å². The Morgan fingerprint density at radius 1 is 1.26 bits per heavy atom. The van der Waals surface area contributed by atoms with Crippen LogP contribution in [-0.4, -0.2) is 30.6 Å². The summed E-state index contributed by atoms with van der Waals surface area (Å²) in [6, 6.07) is 5.01. The number of aromatic nitrogens is 3. The van der Waals surface area contributed by atoms with E-state index in [1.807, 2.05) is 10.7 Å². The van der Waals surface area contributed by atoms with Crippen molar-refractivity contribution in [1.29, 1.82) is 0 Å². The molecule has 0 unspecified atom stereocenters. The van der Waals surface area contributed by atoms with Crippen LogP contribution in [-0.2, 0) is 5.54 Å². The molecule has 0 amide bonds. The van der Waals surface area contributed by atoms with Crippen LogP contribution < -0.4 is 0 Å².